The predicted molar refractivity (Wildman–Crippen MR) is 84.5 cm³/mol. The molecular formula is C16H11FINO2. The van der Waals surface area contributed by atoms with Gasteiger partial charge in [0.2, 0.25) is 0 Å². The molecule has 1 heterocycles. The fraction of sp³-hybridized carbons (Fsp3) is 0.125. The lowest BCUT2D eigenvalue weighted by Gasteiger charge is -2.15. The van der Waals surface area contributed by atoms with Gasteiger partial charge in [-0.25, -0.2) is 4.39 Å². The van der Waals surface area contributed by atoms with Crippen molar-refractivity contribution in [3.63, 3.8) is 0 Å². The van der Waals surface area contributed by atoms with Crippen LogP contribution in [0, 0.1) is 16.3 Å². The maximum Gasteiger partial charge on any atom is 0.261 e. The summed E-state index contributed by atoms with van der Waals surface area (Å²) < 4.78 is 14.2. The molecule has 0 aliphatic carbocycles. The Morgan fingerprint density at radius 1 is 1.05 bits per heavy atom. The molecule has 2 aromatic rings. The first-order valence-electron chi connectivity index (χ1n) is 6.38. The van der Waals surface area contributed by atoms with Gasteiger partial charge in [0.1, 0.15) is 5.82 Å². The Morgan fingerprint density at radius 2 is 1.76 bits per heavy atom. The molecule has 2 amide bonds. The molecule has 0 aromatic heterocycles. The van der Waals surface area contributed by atoms with Gasteiger partial charge in [0.15, 0.2) is 0 Å². The molecule has 0 atom stereocenters. The summed E-state index contributed by atoms with van der Waals surface area (Å²) in [7, 11) is 0. The van der Waals surface area contributed by atoms with E-state index < -0.39 is 0 Å². The van der Waals surface area contributed by atoms with E-state index in [4.69, 9.17) is 0 Å². The summed E-state index contributed by atoms with van der Waals surface area (Å²) in [5.74, 6) is -1.02. The Hall–Kier alpha value is -1.76. The second-order valence-electron chi connectivity index (χ2n) is 4.96. The van der Waals surface area contributed by atoms with E-state index in [2.05, 4.69) is 22.6 Å². The number of halogens is 2. The number of carbonyl (C=O) groups is 2. The highest BCUT2D eigenvalue weighted by Crippen LogP contribution is 2.26. The number of hydrogen-bond acceptors (Lipinski definition) is 2. The van der Waals surface area contributed by atoms with Gasteiger partial charge in [-0.15, -0.1) is 0 Å². The largest absolute Gasteiger partial charge is 0.270 e. The number of aryl methyl sites for hydroxylation is 1. The van der Waals surface area contributed by atoms with Gasteiger partial charge in [0, 0.05) is 3.57 Å². The van der Waals surface area contributed by atoms with Crippen molar-refractivity contribution in [1.29, 1.82) is 0 Å². The molecule has 106 valence electrons. The van der Waals surface area contributed by atoms with E-state index in [-0.39, 0.29) is 24.2 Å². The molecule has 1 aliphatic rings. The third-order valence-corrected chi connectivity index (χ3v) is 4.24. The third kappa shape index (κ3) is 2.46. The maximum absolute atomic E-state index is 13.3. The standard InChI is InChI=1S/C16H11FINO2/c1-9-2-3-11(17)6-10(9)8-19-15(20)13-5-4-12(18)7-14(13)16(19)21/h2-7H,8H2,1H3. The molecule has 3 nitrogen and oxygen atoms in total. The number of carbonyl (C=O) groups excluding carboxylic acids is 2. The highest BCUT2D eigenvalue weighted by atomic mass is 127. The number of amides is 2. The lowest BCUT2D eigenvalue weighted by molar-refractivity contribution is 0.0642. The van der Waals surface area contributed by atoms with Crippen LogP contribution >= 0.6 is 22.6 Å². The van der Waals surface area contributed by atoms with E-state index >= 15 is 0 Å². The Labute approximate surface area is 134 Å². The summed E-state index contributed by atoms with van der Waals surface area (Å²) in [6.45, 7) is 1.92. The highest BCUT2D eigenvalue weighted by Gasteiger charge is 2.35. The summed E-state index contributed by atoms with van der Waals surface area (Å²) in [5, 5.41) is 0. The van der Waals surface area contributed by atoms with Crippen LogP contribution in [0.5, 0.6) is 0 Å². The minimum absolute atomic E-state index is 0.0898. The van der Waals surface area contributed by atoms with Gasteiger partial charge < -0.3 is 0 Å². The van der Waals surface area contributed by atoms with E-state index in [1.807, 2.05) is 6.92 Å². The fourth-order valence-electron chi connectivity index (χ4n) is 2.39. The van der Waals surface area contributed by atoms with Crippen molar-refractivity contribution in [3.8, 4) is 0 Å². The second kappa shape index (κ2) is 5.22. The number of nitrogens with zero attached hydrogens (tertiary/aromatic N) is 1. The van der Waals surface area contributed by atoms with Crippen LogP contribution in [0.4, 0.5) is 4.39 Å². The average molecular weight is 395 g/mol. The number of rotatable bonds is 2. The Morgan fingerprint density at radius 3 is 2.52 bits per heavy atom. The lowest BCUT2D eigenvalue weighted by Crippen LogP contribution is -2.29. The van der Waals surface area contributed by atoms with Crippen LogP contribution in [-0.4, -0.2) is 16.7 Å². The Kier molecular flexibility index (Phi) is 3.52. The van der Waals surface area contributed by atoms with E-state index in [0.717, 1.165) is 9.13 Å². The van der Waals surface area contributed by atoms with Crippen LogP contribution in [0.25, 0.3) is 0 Å². The van der Waals surface area contributed by atoms with E-state index in [0.29, 0.717) is 16.7 Å². The zero-order chi connectivity index (χ0) is 15.1. The van der Waals surface area contributed by atoms with Crippen molar-refractivity contribution in [2.45, 2.75) is 13.5 Å². The zero-order valence-electron chi connectivity index (χ0n) is 11.2. The molecule has 0 spiro atoms. The van der Waals surface area contributed by atoms with E-state index in [9.17, 15) is 14.0 Å². The van der Waals surface area contributed by atoms with Crippen LogP contribution in [0.2, 0.25) is 0 Å². The highest BCUT2D eigenvalue weighted by molar-refractivity contribution is 14.1. The number of benzene rings is 2. The minimum atomic E-state index is -0.373. The van der Waals surface area contributed by atoms with Crippen LogP contribution in [0.15, 0.2) is 36.4 Å². The minimum Gasteiger partial charge on any atom is -0.270 e. The molecule has 0 saturated heterocycles. The summed E-state index contributed by atoms with van der Waals surface area (Å²) in [5.41, 5.74) is 2.32. The zero-order valence-corrected chi connectivity index (χ0v) is 13.3. The second-order valence-corrected chi connectivity index (χ2v) is 6.20. The molecular weight excluding hydrogens is 384 g/mol. The van der Waals surface area contributed by atoms with Crippen LogP contribution in [0.1, 0.15) is 31.8 Å². The van der Waals surface area contributed by atoms with Crippen molar-refractivity contribution in [3.05, 3.63) is 68.0 Å². The molecule has 1 aliphatic heterocycles. The summed E-state index contributed by atoms with van der Waals surface area (Å²) in [4.78, 5) is 25.9. The summed E-state index contributed by atoms with van der Waals surface area (Å²) >= 11 is 2.10. The molecule has 0 saturated carbocycles. The molecule has 0 radical (unpaired) electrons. The number of hydrogen-bond donors (Lipinski definition) is 0. The van der Waals surface area contributed by atoms with Gasteiger partial charge in [0.05, 0.1) is 17.7 Å². The smallest absolute Gasteiger partial charge is 0.261 e. The van der Waals surface area contributed by atoms with Crippen molar-refractivity contribution in [1.82, 2.24) is 4.90 Å². The van der Waals surface area contributed by atoms with Gasteiger partial charge in [-0.05, 0) is 71.0 Å². The first-order chi connectivity index (χ1) is 9.97. The van der Waals surface area contributed by atoms with E-state index in [1.54, 1.807) is 24.3 Å². The van der Waals surface area contributed by atoms with Crippen molar-refractivity contribution < 1.29 is 14.0 Å². The molecule has 0 fully saturated rings. The Bertz CT molecular complexity index is 773. The first-order valence-corrected chi connectivity index (χ1v) is 7.46. The van der Waals surface area contributed by atoms with Crippen LogP contribution < -0.4 is 0 Å². The molecule has 3 rings (SSSR count). The van der Waals surface area contributed by atoms with Crippen molar-refractivity contribution in [2.24, 2.45) is 0 Å². The van der Waals surface area contributed by atoms with Gasteiger partial charge >= 0.3 is 0 Å². The van der Waals surface area contributed by atoms with Gasteiger partial charge in [0.25, 0.3) is 11.8 Å². The summed E-state index contributed by atoms with van der Waals surface area (Å²) in [6.07, 6.45) is 0. The monoisotopic (exact) mass is 395 g/mol. The van der Waals surface area contributed by atoms with Crippen molar-refractivity contribution >= 4 is 34.4 Å². The van der Waals surface area contributed by atoms with E-state index in [1.165, 1.54) is 17.0 Å². The molecule has 5 heteroatoms. The normalized spacial score (nSPS) is 13.8. The average Bonchev–Trinajstić information content (AvgIpc) is 2.67. The topological polar surface area (TPSA) is 37.4 Å². The lowest BCUT2D eigenvalue weighted by atomic mass is 10.1. The predicted octanol–water partition coefficient (Wildman–Crippen LogP) is 3.53. The van der Waals surface area contributed by atoms with Gasteiger partial charge in [-0.3, -0.25) is 14.5 Å². The molecule has 0 unspecified atom stereocenters. The third-order valence-electron chi connectivity index (χ3n) is 3.57. The summed E-state index contributed by atoms with van der Waals surface area (Å²) in [6, 6.07) is 9.53. The number of fused-ring (bicyclic) bond motifs is 1. The Balaban J connectivity index is 1.97. The molecule has 0 N–H and O–H groups in total. The first kappa shape index (κ1) is 14.2. The van der Waals surface area contributed by atoms with Crippen LogP contribution in [0.3, 0.4) is 0 Å². The van der Waals surface area contributed by atoms with Crippen LogP contribution in [-0.2, 0) is 6.54 Å². The van der Waals surface area contributed by atoms with Crippen molar-refractivity contribution in [2.75, 3.05) is 0 Å². The fourth-order valence-corrected chi connectivity index (χ4v) is 2.88. The van der Waals surface area contributed by atoms with Gasteiger partial charge in [-0.2, -0.15) is 0 Å². The SMILES string of the molecule is Cc1ccc(F)cc1CN1C(=O)c2ccc(I)cc2C1=O. The van der Waals surface area contributed by atoms with Gasteiger partial charge in [-0.1, -0.05) is 6.07 Å². The maximum atomic E-state index is 13.3. The quantitative estimate of drug-likeness (QED) is 0.577. The number of imide groups is 1. The molecule has 21 heavy (non-hydrogen) atoms. The molecule has 2 aromatic carbocycles. The molecule has 0 bridgehead atoms.